The molecule has 0 aliphatic heterocycles. The van der Waals surface area contributed by atoms with E-state index < -0.39 is 6.09 Å². The largest absolute Gasteiger partial charge is 0.465 e. The van der Waals surface area contributed by atoms with E-state index in [1.54, 1.807) is 54.6 Å². The first-order valence-corrected chi connectivity index (χ1v) is 9.20. The van der Waals surface area contributed by atoms with Crippen molar-refractivity contribution in [2.45, 2.75) is 9.79 Å². The summed E-state index contributed by atoms with van der Waals surface area (Å²) in [7, 11) is 0. The SMILES string of the molecule is Nc1cc(C(=O)Nc2ccc(Cl)cn2)ccc1Sc1ccc(NC(=O)O)cc1. The summed E-state index contributed by atoms with van der Waals surface area (Å²) >= 11 is 7.19. The highest BCUT2D eigenvalue weighted by Crippen LogP contribution is 2.33. The molecule has 3 rings (SSSR count). The number of nitrogens with two attached hydrogens (primary N) is 1. The minimum absolute atomic E-state index is 0.331. The molecule has 28 heavy (non-hydrogen) atoms. The summed E-state index contributed by atoms with van der Waals surface area (Å²) in [6.45, 7) is 0. The maximum atomic E-state index is 12.3. The second kappa shape index (κ2) is 8.64. The van der Waals surface area contributed by atoms with Crippen LogP contribution >= 0.6 is 23.4 Å². The average Bonchev–Trinajstić information content (AvgIpc) is 2.66. The molecular formula is C19H15ClN4O3S. The van der Waals surface area contributed by atoms with E-state index in [-0.39, 0.29) is 5.91 Å². The zero-order valence-corrected chi connectivity index (χ0v) is 15.9. The number of anilines is 3. The van der Waals surface area contributed by atoms with Crippen LogP contribution in [-0.4, -0.2) is 22.1 Å². The molecule has 5 N–H and O–H groups in total. The Balaban J connectivity index is 1.68. The molecule has 0 radical (unpaired) electrons. The number of amides is 2. The highest BCUT2D eigenvalue weighted by atomic mass is 35.5. The molecule has 0 aliphatic carbocycles. The van der Waals surface area contributed by atoms with Crippen LogP contribution < -0.4 is 16.4 Å². The van der Waals surface area contributed by atoms with Gasteiger partial charge in [-0.3, -0.25) is 10.1 Å². The summed E-state index contributed by atoms with van der Waals surface area (Å²) in [5.41, 5.74) is 7.43. The number of carbonyl (C=O) groups excluding carboxylic acids is 1. The van der Waals surface area contributed by atoms with Gasteiger partial charge in [-0.15, -0.1) is 0 Å². The molecule has 142 valence electrons. The summed E-state index contributed by atoms with van der Waals surface area (Å²) in [4.78, 5) is 28.7. The molecule has 0 atom stereocenters. The Morgan fingerprint density at radius 3 is 2.39 bits per heavy atom. The number of nitrogens with one attached hydrogen (secondary N) is 2. The number of benzene rings is 2. The molecule has 0 aliphatic rings. The van der Waals surface area contributed by atoms with Crippen LogP contribution in [-0.2, 0) is 0 Å². The second-order valence-electron chi connectivity index (χ2n) is 5.62. The molecule has 0 unspecified atom stereocenters. The number of rotatable bonds is 5. The van der Waals surface area contributed by atoms with Crippen LogP contribution in [0.2, 0.25) is 5.02 Å². The molecular weight excluding hydrogens is 400 g/mol. The lowest BCUT2D eigenvalue weighted by atomic mass is 10.2. The van der Waals surface area contributed by atoms with Crippen molar-refractivity contribution in [1.82, 2.24) is 4.98 Å². The summed E-state index contributed by atoms with van der Waals surface area (Å²) in [6.07, 6.45) is 0.329. The molecule has 1 aromatic heterocycles. The quantitative estimate of drug-likeness (QED) is 0.445. The van der Waals surface area contributed by atoms with Gasteiger partial charge >= 0.3 is 6.09 Å². The van der Waals surface area contributed by atoms with Gasteiger partial charge in [-0.25, -0.2) is 9.78 Å². The number of halogens is 1. The van der Waals surface area contributed by atoms with E-state index >= 15 is 0 Å². The molecule has 2 amide bonds. The summed E-state index contributed by atoms with van der Waals surface area (Å²) in [5, 5.41) is 14.1. The van der Waals surface area contributed by atoms with Crippen molar-refractivity contribution in [2.24, 2.45) is 0 Å². The van der Waals surface area contributed by atoms with E-state index in [9.17, 15) is 9.59 Å². The van der Waals surface area contributed by atoms with Crippen LogP contribution in [0.25, 0.3) is 0 Å². The van der Waals surface area contributed by atoms with E-state index in [0.717, 1.165) is 9.79 Å². The smallest absolute Gasteiger partial charge is 0.409 e. The normalized spacial score (nSPS) is 10.3. The van der Waals surface area contributed by atoms with Gasteiger partial charge < -0.3 is 16.2 Å². The summed E-state index contributed by atoms with van der Waals surface area (Å²) in [5.74, 6) is 0.0589. The van der Waals surface area contributed by atoms with Crippen molar-refractivity contribution in [3.8, 4) is 0 Å². The van der Waals surface area contributed by atoms with Crippen molar-refractivity contribution in [2.75, 3.05) is 16.4 Å². The van der Waals surface area contributed by atoms with Crippen LogP contribution in [0.3, 0.4) is 0 Å². The fraction of sp³-hybridized carbons (Fsp3) is 0. The lowest BCUT2D eigenvalue weighted by molar-refractivity contribution is 0.102. The van der Waals surface area contributed by atoms with E-state index in [2.05, 4.69) is 15.6 Å². The van der Waals surface area contributed by atoms with Crippen molar-refractivity contribution >= 4 is 52.6 Å². The maximum Gasteiger partial charge on any atom is 0.409 e. The summed E-state index contributed by atoms with van der Waals surface area (Å²) < 4.78 is 0. The minimum Gasteiger partial charge on any atom is -0.465 e. The van der Waals surface area contributed by atoms with Crippen molar-refractivity contribution in [3.63, 3.8) is 0 Å². The highest BCUT2D eigenvalue weighted by molar-refractivity contribution is 7.99. The fourth-order valence-corrected chi connectivity index (χ4v) is 3.23. The van der Waals surface area contributed by atoms with E-state index in [4.69, 9.17) is 22.4 Å². The number of carboxylic acid groups (broad SMARTS) is 1. The third-order valence-corrected chi connectivity index (χ3v) is 4.90. The fourth-order valence-electron chi connectivity index (χ4n) is 2.28. The predicted molar refractivity (Wildman–Crippen MR) is 110 cm³/mol. The van der Waals surface area contributed by atoms with Crippen LogP contribution in [0.5, 0.6) is 0 Å². The van der Waals surface area contributed by atoms with Crippen LogP contribution in [0.1, 0.15) is 10.4 Å². The van der Waals surface area contributed by atoms with E-state index in [0.29, 0.717) is 27.8 Å². The lowest BCUT2D eigenvalue weighted by Gasteiger charge is -2.09. The van der Waals surface area contributed by atoms with Gasteiger partial charge in [0.15, 0.2) is 0 Å². The zero-order valence-electron chi connectivity index (χ0n) is 14.3. The first-order chi connectivity index (χ1) is 13.4. The van der Waals surface area contributed by atoms with Crippen molar-refractivity contribution in [3.05, 3.63) is 71.4 Å². The van der Waals surface area contributed by atoms with Gasteiger partial charge in [-0.1, -0.05) is 23.4 Å². The Morgan fingerprint density at radius 2 is 1.79 bits per heavy atom. The Hall–Kier alpha value is -3.23. The molecule has 2 aromatic carbocycles. The molecule has 1 heterocycles. The van der Waals surface area contributed by atoms with Gasteiger partial charge in [0, 0.05) is 32.9 Å². The average molecular weight is 415 g/mol. The molecule has 0 bridgehead atoms. The number of hydrogen-bond acceptors (Lipinski definition) is 5. The number of pyridine rings is 1. The van der Waals surface area contributed by atoms with Crippen LogP contribution in [0.4, 0.5) is 22.0 Å². The Labute approximate surface area is 169 Å². The van der Waals surface area contributed by atoms with E-state index in [1.165, 1.54) is 18.0 Å². The van der Waals surface area contributed by atoms with Crippen LogP contribution in [0.15, 0.2) is 70.6 Å². The minimum atomic E-state index is -1.12. The van der Waals surface area contributed by atoms with Gasteiger partial charge in [0.2, 0.25) is 0 Å². The van der Waals surface area contributed by atoms with Gasteiger partial charge in [0.25, 0.3) is 5.91 Å². The van der Waals surface area contributed by atoms with Gasteiger partial charge in [-0.05, 0) is 54.6 Å². The molecule has 0 saturated carbocycles. The molecule has 0 saturated heterocycles. The first kappa shape index (κ1) is 19.5. The lowest BCUT2D eigenvalue weighted by Crippen LogP contribution is -2.13. The second-order valence-corrected chi connectivity index (χ2v) is 7.18. The Morgan fingerprint density at radius 1 is 1.04 bits per heavy atom. The monoisotopic (exact) mass is 414 g/mol. The maximum absolute atomic E-state index is 12.3. The van der Waals surface area contributed by atoms with Gasteiger partial charge in [0.05, 0.1) is 5.02 Å². The number of hydrogen-bond donors (Lipinski definition) is 4. The number of nitrogen functional groups attached to an aromatic ring is 1. The number of nitrogens with zero attached hydrogens (tertiary/aromatic N) is 1. The molecule has 0 spiro atoms. The first-order valence-electron chi connectivity index (χ1n) is 8.01. The third-order valence-electron chi connectivity index (χ3n) is 3.57. The van der Waals surface area contributed by atoms with Crippen LogP contribution in [0, 0.1) is 0 Å². The predicted octanol–water partition coefficient (Wildman–Crippen LogP) is 4.81. The number of carbonyl (C=O) groups is 2. The van der Waals surface area contributed by atoms with Crippen molar-refractivity contribution < 1.29 is 14.7 Å². The Bertz CT molecular complexity index is 1010. The molecule has 3 aromatic rings. The number of aromatic nitrogens is 1. The van der Waals surface area contributed by atoms with E-state index in [1.807, 2.05) is 0 Å². The molecule has 0 fully saturated rings. The highest BCUT2D eigenvalue weighted by Gasteiger charge is 2.10. The Kier molecular flexibility index (Phi) is 6.03. The van der Waals surface area contributed by atoms with Gasteiger partial charge in [-0.2, -0.15) is 0 Å². The van der Waals surface area contributed by atoms with Crippen molar-refractivity contribution in [1.29, 1.82) is 0 Å². The zero-order chi connectivity index (χ0) is 20.1. The molecule has 9 heteroatoms. The third kappa shape index (κ3) is 5.15. The molecule has 7 nitrogen and oxygen atoms in total. The topological polar surface area (TPSA) is 117 Å². The van der Waals surface area contributed by atoms with Gasteiger partial charge in [0.1, 0.15) is 5.82 Å². The standard InChI is InChI=1S/C19H15ClN4O3S/c20-12-2-8-17(22-10-12)24-18(25)11-1-7-16(15(21)9-11)28-14-5-3-13(4-6-14)23-19(26)27/h1-10,23H,21H2,(H,26,27)(H,22,24,25). The summed E-state index contributed by atoms with van der Waals surface area (Å²) in [6, 6.07) is 15.1.